The highest BCUT2D eigenvalue weighted by Gasteiger charge is 1.96. The summed E-state index contributed by atoms with van der Waals surface area (Å²) in [4.78, 5) is 10.7. The summed E-state index contributed by atoms with van der Waals surface area (Å²) in [5, 5.41) is 13.6. The molecule has 0 aliphatic heterocycles. The zero-order valence-electron chi connectivity index (χ0n) is 22.8. The molecule has 0 rings (SSSR count). The molecular weight excluding hydrogens is 412 g/mol. The van der Waals surface area contributed by atoms with Gasteiger partial charge in [0, 0.05) is 0 Å². The van der Waals surface area contributed by atoms with Crippen LogP contribution in [0.1, 0.15) is 161 Å². The zero-order chi connectivity index (χ0) is 24.8. The summed E-state index contributed by atoms with van der Waals surface area (Å²) in [6.07, 6.45) is 35.3. The molecule has 0 atom stereocenters. The fourth-order valence-electron chi connectivity index (χ4n) is 4.39. The Labute approximate surface area is 207 Å². The molecule has 0 spiro atoms. The molecule has 0 amide bonds. The molecule has 0 unspecified atom stereocenters. The summed E-state index contributed by atoms with van der Waals surface area (Å²) in [5.74, 6) is 0. The van der Waals surface area contributed by atoms with Gasteiger partial charge in [0.15, 0.2) is 0 Å². The van der Waals surface area contributed by atoms with Crippen molar-refractivity contribution >= 4 is 0 Å². The highest BCUT2D eigenvalue weighted by Crippen LogP contribution is 2.15. The van der Waals surface area contributed by atoms with Crippen molar-refractivity contribution in [3.8, 4) is 0 Å². The molecule has 0 aliphatic carbocycles. The van der Waals surface area contributed by atoms with E-state index in [9.17, 15) is 0 Å². The van der Waals surface area contributed by atoms with Gasteiger partial charge in [0.1, 0.15) is 0 Å². The first-order chi connectivity index (χ1) is 16.0. The number of rotatable bonds is 25. The second kappa shape index (κ2) is 31.2. The van der Waals surface area contributed by atoms with Gasteiger partial charge in [-0.1, -0.05) is 155 Å². The van der Waals surface area contributed by atoms with Gasteiger partial charge >= 0.3 is 0 Å². The molecular formula is C28H60N2O3. The first kappa shape index (κ1) is 34.3. The van der Waals surface area contributed by atoms with Gasteiger partial charge in [0.2, 0.25) is 0 Å². The largest absolute Gasteiger partial charge is 0.328 e. The fraction of sp³-hybridized carbons (Fsp3) is 1.00. The van der Waals surface area contributed by atoms with Crippen LogP contribution in [-0.2, 0) is 0 Å². The first-order valence-electron chi connectivity index (χ1n) is 14.5. The predicted molar refractivity (Wildman–Crippen MR) is 144 cm³/mol. The van der Waals surface area contributed by atoms with Gasteiger partial charge in [-0.05, 0) is 27.1 Å². The van der Waals surface area contributed by atoms with Crippen LogP contribution in [0, 0.1) is 10.1 Å². The van der Waals surface area contributed by atoms with Crippen molar-refractivity contribution in [1.82, 2.24) is 4.90 Å². The summed E-state index contributed by atoms with van der Waals surface area (Å²) < 4.78 is 0. The quantitative estimate of drug-likeness (QED) is 0.0815. The molecule has 0 heterocycles. The lowest BCUT2D eigenvalue weighted by atomic mass is 10.0. The number of unbranched alkanes of at least 4 members (excludes halogenated alkanes) is 23. The predicted octanol–water partition coefficient (Wildman–Crippen LogP) is 9.58. The lowest BCUT2D eigenvalue weighted by molar-refractivity contribution is -0.742. The monoisotopic (exact) mass is 472 g/mol. The fourth-order valence-corrected chi connectivity index (χ4v) is 4.39. The standard InChI is InChI=1S/C28H59N.HNO3/c1-4-5-6-7-8-9-10-11-12-13-14-15-16-17-18-19-20-21-22-23-24-25-26-27-28-29(2)3;2-1(3)4/h4-28H2,1-3H3;(H,2,3,4). The van der Waals surface area contributed by atoms with E-state index in [1.54, 1.807) is 0 Å². The van der Waals surface area contributed by atoms with Crippen LogP contribution in [0.2, 0.25) is 0 Å². The molecule has 0 fully saturated rings. The Balaban J connectivity index is 0. The van der Waals surface area contributed by atoms with Gasteiger partial charge in [-0.15, -0.1) is 10.1 Å². The van der Waals surface area contributed by atoms with E-state index < -0.39 is 5.09 Å². The van der Waals surface area contributed by atoms with Gasteiger partial charge < -0.3 is 10.1 Å². The maximum Gasteiger partial charge on any atom is 0.291 e. The van der Waals surface area contributed by atoms with E-state index >= 15 is 0 Å². The second-order valence-corrected chi connectivity index (χ2v) is 10.2. The Bertz CT molecular complexity index is 361. The maximum atomic E-state index is 8.36. The molecule has 200 valence electrons. The number of hydrogen-bond acceptors (Lipinski definition) is 3. The van der Waals surface area contributed by atoms with Gasteiger partial charge in [0.25, 0.3) is 5.09 Å². The summed E-state index contributed by atoms with van der Waals surface area (Å²) in [7, 11) is 4.36. The van der Waals surface area contributed by atoms with Crippen LogP contribution in [0.4, 0.5) is 0 Å². The number of hydrogen-bond donors (Lipinski definition) is 1. The maximum absolute atomic E-state index is 8.36. The van der Waals surface area contributed by atoms with Crippen LogP contribution >= 0.6 is 0 Å². The average molecular weight is 473 g/mol. The van der Waals surface area contributed by atoms with Crippen LogP contribution in [0.3, 0.4) is 0 Å². The molecule has 0 aliphatic rings. The van der Waals surface area contributed by atoms with Crippen molar-refractivity contribution in [3.05, 3.63) is 10.1 Å². The second-order valence-electron chi connectivity index (χ2n) is 10.2. The minimum atomic E-state index is -1.50. The Morgan fingerprint density at radius 1 is 0.515 bits per heavy atom. The highest BCUT2D eigenvalue weighted by molar-refractivity contribution is 4.52. The van der Waals surface area contributed by atoms with Crippen LogP contribution < -0.4 is 0 Å². The molecule has 0 bridgehead atoms. The molecule has 33 heavy (non-hydrogen) atoms. The van der Waals surface area contributed by atoms with Gasteiger partial charge in [-0.3, -0.25) is 0 Å². The minimum absolute atomic E-state index is 1.26. The van der Waals surface area contributed by atoms with Gasteiger partial charge in [-0.25, -0.2) is 0 Å². The van der Waals surface area contributed by atoms with Crippen molar-refractivity contribution in [2.45, 2.75) is 161 Å². The Kier molecular flexibility index (Phi) is 32.4. The molecule has 5 heteroatoms. The lowest BCUT2D eigenvalue weighted by Gasteiger charge is -2.08. The van der Waals surface area contributed by atoms with Crippen molar-refractivity contribution in [2.24, 2.45) is 0 Å². The summed E-state index contributed by atoms with van der Waals surface area (Å²) in [6, 6.07) is 0. The van der Waals surface area contributed by atoms with Crippen molar-refractivity contribution in [1.29, 1.82) is 0 Å². The van der Waals surface area contributed by atoms with Gasteiger partial charge in [0.05, 0.1) is 0 Å². The van der Waals surface area contributed by atoms with E-state index in [1.807, 2.05) is 0 Å². The van der Waals surface area contributed by atoms with Crippen LogP contribution in [0.25, 0.3) is 0 Å². The normalized spacial score (nSPS) is 10.9. The van der Waals surface area contributed by atoms with E-state index in [-0.39, 0.29) is 0 Å². The van der Waals surface area contributed by atoms with E-state index in [2.05, 4.69) is 25.9 Å². The molecule has 5 nitrogen and oxygen atoms in total. The molecule has 0 aromatic carbocycles. The van der Waals surface area contributed by atoms with Gasteiger partial charge in [-0.2, -0.15) is 0 Å². The Hall–Kier alpha value is -0.840. The third-order valence-electron chi connectivity index (χ3n) is 6.46. The van der Waals surface area contributed by atoms with Crippen LogP contribution in [-0.4, -0.2) is 35.8 Å². The molecule has 0 saturated heterocycles. The van der Waals surface area contributed by atoms with E-state index in [4.69, 9.17) is 15.3 Å². The van der Waals surface area contributed by atoms with Crippen molar-refractivity contribution in [2.75, 3.05) is 20.6 Å². The smallest absolute Gasteiger partial charge is 0.291 e. The van der Waals surface area contributed by atoms with Crippen molar-refractivity contribution < 1.29 is 10.3 Å². The third kappa shape index (κ3) is 41.9. The minimum Gasteiger partial charge on any atom is -0.328 e. The summed E-state index contributed by atoms with van der Waals surface area (Å²) in [6.45, 7) is 3.57. The summed E-state index contributed by atoms with van der Waals surface area (Å²) in [5.41, 5.74) is 0. The molecule has 1 N–H and O–H groups in total. The summed E-state index contributed by atoms with van der Waals surface area (Å²) >= 11 is 0. The molecule has 0 aromatic heterocycles. The molecule has 0 radical (unpaired) electrons. The number of nitrogens with zero attached hydrogens (tertiary/aromatic N) is 2. The van der Waals surface area contributed by atoms with Crippen LogP contribution in [0.5, 0.6) is 0 Å². The molecule has 0 saturated carbocycles. The topological polar surface area (TPSA) is 66.6 Å². The van der Waals surface area contributed by atoms with E-state index in [1.165, 1.54) is 161 Å². The average Bonchev–Trinajstić information content (AvgIpc) is 2.76. The van der Waals surface area contributed by atoms with E-state index in [0.29, 0.717) is 0 Å². The van der Waals surface area contributed by atoms with E-state index in [0.717, 1.165) is 0 Å². The molecule has 0 aromatic rings. The van der Waals surface area contributed by atoms with Crippen LogP contribution in [0.15, 0.2) is 0 Å². The zero-order valence-corrected chi connectivity index (χ0v) is 22.8. The first-order valence-corrected chi connectivity index (χ1v) is 14.5. The van der Waals surface area contributed by atoms with Crippen molar-refractivity contribution in [3.63, 3.8) is 0 Å². The SMILES string of the molecule is CCCCCCCCCCCCCCCCCCCCCCCCCCN(C)C.O=[N+]([O-])O. The third-order valence-corrected chi connectivity index (χ3v) is 6.46. The highest BCUT2D eigenvalue weighted by atomic mass is 16.9. The Morgan fingerprint density at radius 2 is 0.697 bits per heavy atom. The Morgan fingerprint density at radius 3 is 0.879 bits per heavy atom. The lowest BCUT2D eigenvalue weighted by Crippen LogP contribution is -2.12.